The van der Waals surface area contributed by atoms with Gasteiger partial charge in [-0.2, -0.15) is 0 Å². The van der Waals surface area contributed by atoms with Crippen LogP contribution in [-0.4, -0.2) is 6.29 Å². The number of halogens is 2. The molecule has 0 N–H and O–H groups in total. The maximum Gasteiger partial charge on any atom is 0.151 e. The van der Waals surface area contributed by atoms with Gasteiger partial charge in [-0.3, -0.25) is 4.79 Å². The third kappa shape index (κ3) is 2.82. The van der Waals surface area contributed by atoms with Crippen LogP contribution in [0.4, 0.5) is 4.39 Å². The summed E-state index contributed by atoms with van der Waals surface area (Å²) in [5, 5.41) is 0.319. The zero-order valence-corrected chi connectivity index (χ0v) is 9.45. The first-order chi connectivity index (χ1) is 8.19. The van der Waals surface area contributed by atoms with Crippen molar-refractivity contribution in [3.05, 3.63) is 58.9 Å². The molecule has 0 heterocycles. The molecular formula is C13H8ClFO2. The summed E-state index contributed by atoms with van der Waals surface area (Å²) >= 11 is 5.85. The molecule has 2 aromatic rings. The second kappa shape index (κ2) is 4.97. The van der Waals surface area contributed by atoms with Gasteiger partial charge < -0.3 is 4.74 Å². The van der Waals surface area contributed by atoms with Crippen molar-refractivity contribution in [1.29, 1.82) is 0 Å². The molecule has 17 heavy (non-hydrogen) atoms. The van der Waals surface area contributed by atoms with Crippen molar-refractivity contribution in [3.63, 3.8) is 0 Å². The quantitative estimate of drug-likeness (QED) is 0.767. The average Bonchev–Trinajstić information content (AvgIpc) is 2.32. The Morgan fingerprint density at radius 2 is 1.71 bits per heavy atom. The van der Waals surface area contributed by atoms with Crippen molar-refractivity contribution in [1.82, 2.24) is 0 Å². The van der Waals surface area contributed by atoms with Crippen LogP contribution in [-0.2, 0) is 0 Å². The third-order valence-corrected chi connectivity index (χ3v) is 2.48. The van der Waals surface area contributed by atoms with Gasteiger partial charge in [-0.1, -0.05) is 11.6 Å². The summed E-state index contributed by atoms with van der Waals surface area (Å²) in [7, 11) is 0. The van der Waals surface area contributed by atoms with E-state index in [0.29, 0.717) is 28.4 Å². The van der Waals surface area contributed by atoms with Crippen LogP contribution in [0.1, 0.15) is 10.4 Å². The van der Waals surface area contributed by atoms with Crippen molar-refractivity contribution in [2.75, 3.05) is 0 Å². The molecule has 0 amide bonds. The number of carbonyl (C=O) groups is 1. The number of hydrogen-bond donors (Lipinski definition) is 0. The summed E-state index contributed by atoms with van der Waals surface area (Å²) in [4.78, 5) is 10.6. The fraction of sp³-hybridized carbons (Fsp3) is 0. The van der Waals surface area contributed by atoms with Gasteiger partial charge in [-0.15, -0.1) is 0 Å². The van der Waals surface area contributed by atoms with Gasteiger partial charge in [0.1, 0.15) is 17.3 Å². The minimum absolute atomic E-state index is 0.319. The summed E-state index contributed by atoms with van der Waals surface area (Å²) in [6.07, 6.45) is 0.671. The first-order valence-electron chi connectivity index (χ1n) is 4.87. The highest BCUT2D eigenvalue weighted by Gasteiger charge is 2.03. The number of hydrogen-bond acceptors (Lipinski definition) is 2. The molecule has 0 fully saturated rings. The van der Waals surface area contributed by atoms with E-state index in [1.807, 2.05) is 0 Å². The molecule has 0 aliphatic carbocycles. The van der Waals surface area contributed by atoms with Crippen LogP contribution in [0, 0.1) is 5.82 Å². The molecule has 86 valence electrons. The second-order valence-electron chi connectivity index (χ2n) is 3.36. The van der Waals surface area contributed by atoms with Crippen LogP contribution < -0.4 is 4.74 Å². The van der Waals surface area contributed by atoms with E-state index in [1.165, 1.54) is 30.3 Å². The minimum Gasteiger partial charge on any atom is -0.457 e. The molecule has 0 aromatic heterocycles. The number of ether oxygens (including phenoxy) is 1. The monoisotopic (exact) mass is 250 g/mol. The SMILES string of the molecule is O=Cc1ccc(Oc2ccc(F)cc2)cc1Cl. The highest BCUT2D eigenvalue weighted by molar-refractivity contribution is 6.33. The summed E-state index contributed by atoms with van der Waals surface area (Å²) in [6.45, 7) is 0. The molecule has 0 atom stereocenters. The van der Waals surface area contributed by atoms with E-state index < -0.39 is 0 Å². The summed E-state index contributed by atoms with van der Waals surface area (Å²) in [5.74, 6) is 0.667. The zero-order valence-electron chi connectivity index (χ0n) is 8.69. The average molecular weight is 251 g/mol. The molecule has 0 aliphatic heterocycles. The fourth-order valence-corrected chi connectivity index (χ4v) is 1.52. The fourth-order valence-electron chi connectivity index (χ4n) is 1.31. The molecular weight excluding hydrogens is 243 g/mol. The number of aldehydes is 1. The highest BCUT2D eigenvalue weighted by Crippen LogP contribution is 2.26. The molecule has 0 radical (unpaired) electrons. The Balaban J connectivity index is 2.21. The lowest BCUT2D eigenvalue weighted by Gasteiger charge is -2.06. The summed E-state index contributed by atoms with van der Waals surface area (Å²) in [5.41, 5.74) is 0.401. The van der Waals surface area contributed by atoms with E-state index in [-0.39, 0.29) is 5.82 Å². The summed E-state index contributed by atoms with van der Waals surface area (Å²) in [6, 6.07) is 10.4. The Labute approximate surface area is 103 Å². The Morgan fingerprint density at radius 3 is 2.29 bits per heavy atom. The van der Waals surface area contributed by atoms with Gasteiger partial charge in [0, 0.05) is 11.6 Å². The van der Waals surface area contributed by atoms with Gasteiger partial charge in [0.25, 0.3) is 0 Å². The second-order valence-corrected chi connectivity index (χ2v) is 3.76. The van der Waals surface area contributed by atoms with E-state index in [0.717, 1.165) is 0 Å². The van der Waals surface area contributed by atoms with Crippen molar-refractivity contribution < 1.29 is 13.9 Å². The molecule has 0 saturated carbocycles. The van der Waals surface area contributed by atoms with E-state index in [2.05, 4.69) is 0 Å². The highest BCUT2D eigenvalue weighted by atomic mass is 35.5. The number of rotatable bonds is 3. The van der Waals surface area contributed by atoms with E-state index in [1.54, 1.807) is 12.1 Å². The van der Waals surface area contributed by atoms with Crippen molar-refractivity contribution in [2.45, 2.75) is 0 Å². The molecule has 0 bridgehead atoms. The van der Waals surface area contributed by atoms with Gasteiger partial charge in [-0.05, 0) is 36.4 Å². The van der Waals surface area contributed by atoms with Gasteiger partial charge in [-0.25, -0.2) is 4.39 Å². The maximum absolute atomic E-state index is 12.7. The smallest absolute Gasteiger partial charge is 0.151 e. The maximum atomic E-state index is 12.7. The summed E-state index contributed by atoms with van der Waals surface area (Å²) < 4.78 is 18.1. The molecule has 0 unspecified atom stereocenters. The van der Waals surface area contributed by atoms with Crippen molar-refractivity contribution in [2.24, 2.45) is 0 Å². The van der Waals surface area contributed by atoms with Gasteiger partial charge in [0.05, 0.1) is 5.02 Å². The lowest BCUT2D eigenvalue weighted by Crippen LogP contribution is -1.87. The standard InChI is InChI=1S/C13H8ClFO2/c14-13-7-12(4-1-9(13)8-16)17-11-5-2-10(15)3-6-11/h1-8H. The normalized spacial score (nSPS) is 10.0. The third-order valence-electron chi connectivity index (χ3n) is 2.15. The van der Waals surface area contributed by atoms with Crippen LogP contribution in [0.15, 0.2) is 42.5 Å². The van der Waals surface area contributed by atoms with Gasteiger partial charge in [0.15, 0.2) is 6.29 Å². The van der Waals surface area contributed by atoms with Crippen LogP contribution in [0.2, 0.25) is 5.02 Å². The van der Waals surface area contributed by atoms with Crippen LogP contribution in [0.5, 0.6) is 11.5 Å². The zero-order chi connectivity index (χ0) is 12.3. The predicted molar refractivity (Wildman–Crippen MR) is 63.3 cm³/mol. The van der Waals surface area contributed by atoms with Crippen molar-refractivity contribution >= 4 is 17.9 Å². The minimum atomic E-state index is -0.327. The Hall–Kier alpha value is -1.87. The Morgan fingerprint density at radius 1 is 1.06 bits per heavy atom. The van der Waals surface area contributed by atoms with Crippen LogP contribution in [0.25, 0.3) is 0 Å². The molecule has 0 aliphatic rings. The number of benzene rings is 2. The van der Waals surface area contributed by atoms with Crippen LogP contribution in [0.3, 0.4) is 0 Å². The topological polar surface area (TPSA) is 26.3 Å². The molecule has 2 aromatic carbocycles. The lowest BCUT2D eigenvalue weighted by atomic mass is 10.2. The predicted octanol–water partition coefficient (Wildman–Crippen LogP) is 4.08. The lowest BCUT2D eigenvalue weighted by molar-refractivity contribution is 0.112. The van der Waals surface area contributed by atoms with Crippen molar-refractivity contribution in [3.8, 4) is 11.5 Å². The first-order valence-corrected chi connectivity index (χ1v) is 5.25. The van der Waals surface area contributed by atoms with Crippen LogP contribution >= 0.6 is 11.6 Å². The van der Waals surface area contributed by atoms with E-state index in [9.17, 15) is 9.18 Å². The Kier molecular flexibility index (Phi) is 3.40. The van der Waals surface area contributed by atoms with E-state index in [4.69, 9.17) is 16.3 Å². The van der Waals surface area contributed by atoms with Gasteiger partial charge >= 0.3 is 0 Å². The number of carbonyl (C=O) groups excluding carboxylic acids is 1. The molecule has 2 nitrogen and oxygen atoms in total. The molecule has 2 rings (SSSR count). The largest absolute Gasteiger partial charge is 0.457 e. The van der Waals surface area contributed by atoms with Gasteiger partial charge in [0.2, 0.25) is 0 Å². The molecule has 4 heteroatoms. The first kappa shape index (κ1) is 11.6. The Bertz CT molecular complexity index is 538. The molecule has 0 saturated heterocycles. The molecule has 0 spiro atoms. The van der Waals surface area contributed by atoms with E-state index >= 15 is 0 Å².